The van der Waals surface area contributed by atoms with Crippen LogP contribution in [0.3, 0.4) is 0 Å². The number of hydrogen-bond acceptors (Lipinski definition) is 4. The molecule has 0 aliphatic rings. The van der Waals surface area contributed by atoms with Gasteiger partial charge < -0.3 is 11.1 Å². The Morgan fingerprint density at radius 1 is 1.40 bits per heavy atom. The Balaban J connectivity index is 2.60. The largest absolute Gasteiger partial charge is 0.352 e. The number of hydrogen-bond donors (Lipinski definition) is 3. The quantitative estimate of drug-likeness (QED) is 0.672. The minimum absolute atomic E-state index is 0.0395. The lowest BCUT2D eigenvalue weighted by Gasteiger charge is -2.12. The van der Waals surface area contributed by atoms with Crippen molar-refractivity contribution < 1.29 is 13.2 Å². The minimum atomic E-state index is -3.72. The first-order valence-corrected chi connectivity index (χ1v) is 8.00. The Morgan fingerprint density at radius 2 is 2.10 bits per heavy atom. The third-order valence-electron chi connectivity index (χ3n) is 3.10. The van der Waals surface area contributed by atoms with Gasteiger partial charge in [-0.05, 0) is 30.2 Å². The van der Waals surface area contributed by atoms with E-state index in [0.29, 0.717) is 18.5 Å². The average Bonchev–Trinajstić information content (AvgIpc) is 2.42. The molecule has 0 saturated heterocycles. The molecule has 0 aliphatic heterocycles. The zero-order chi connectivity index (χ0) is 15.2. The van der Waals surface area contributed by atoms with Gasteiger partial charge in [0.1, 0.15) is 0 Å². The molecule has 0 aromatic heterocycles. The zero-order valence-electron chi connectivity index (χ0n) is 11.5. The second kappa shape index (κ2) is 7.37. The topological polar surface area (TPSA) is 115 Å². The molecule has 112 valence electrons. The summed E-state index contributed by atoms with van der Waals surface area (Å²) < 4.78 is 22.4. The van der Waals surface area contributed by atoms with Crippen molar-refractivity contribution in [3.8, 4) is 0 Å². The highest BCUT2D eigenvalue weighted by Crippen LogP contribution is 2.10. The van der Waals surface area contributed by atoms with E-state index in [1.807, 2.05) is 6.92 Å². The first-order valence-electron chi connectivity index (χ1n) is 6.45. The zero-order valence-corrected chi connectivity index (χ0v) is 12.3. The number of primary sulfonamides is 1. The van der Waals surface area contributed by atoms with Crippen LogP contribution < -0.4 is 16.2 Å². The standard InChI is InChI=1S/C13H21N3O3S/c1-2-10(8-14)7-13(17)16-9-11-4-3-5-12(6-11)20(15,18)19/h3-6,10H,2,7-9,14H2,1H3,(H,16,17)(H2,15,18,19). The summed E-state index contributed by atoms with van der Waals surface area (Å²) in [6.07, 6.45) is 1.23. The molecule has 7 heteroatoms. The Bertz CT molecular complexity index is 554. The minimum Gasteiger partial charge on any atom is -0.352 e. The van der Waals surface area contributed by atoms with Gasteiger partial charge in [-0.3, -0.25) is 4.79 Å². The molecular weight excluding hydrogens is 278 g/mol. The van der Waals surface area contributed by atoms with E-state index in [0.717, 1.165) is 6.42 Å². The predicted molar refractivity (Wildman–Crippen MR) is 77.1 cm³/mol. The van der Waals surface area contributed by atoms with Gasteiger partial charge in [-0.15, -0.1) is 0 Å². The van der Waals surface area contributed by atoms with Crippen LogP contribution in [0.15, 0.2) is 29.2 Å². The highest BCUT2D eigenvalue weighted by atomic mass is 32.2. The summed E-state index contributed by atoms with van der Waals surface area (Å²) in [5.74, 6) is 0.0778. The van der Waals surface area contributed by atoms with E-state index in [-0.39, 0.29) is 23.3 Å². The molecule has 20 heavy (non-hydrogen) atoms. The molecule has 0 heterocycles. The fraction of sp³-hybridized carbons (Fsp3) is 0.462. The summed E-state index contributed by atoms with van der Waals surface area (Å²) in [5, 5.41) is 7.80. The molecule has 0 spiro atoms. The van der Waals surface area contributed by atoms with Gasteiger partial charge in [-0.2, -0.15) is 0 Å². The molecule has 0 fully saturated rings. The fourth-order valence-electron chi connectivity index (χ4n) is 1.76. The van der Waals surface area contributed by atoms with E-state index < -0.39 is 10.0 Å². The molecular formula is C13H21N3O3S. The second-order valence-electron chi connectivity index (χ2n) is 4.68. The lowest BCUT2D eigenvalue weighted by Crippen LogP contribution is -2.27. The van der Waals surface area contributed by atoms with Crippen LogP contribution in [-0.2, 0) is 21.4 Å². The summed E-state index contributed by atoms with van der Waals surface area (Å²) in [4.78, 5) is 11.8. The monoisotopic (exact) mass is 299 g/mol. The van der Waals surface area contributed by atoms with Crippen molar-refractivity contribution >= 4 is 15.9 Å². The smallest absolute Gasteiger partial charge is 0.238 e. The molecule has 1 atom stereocenters. The van der Waals surface area contributed by atoms with Crippen LogP contribution in [0.4, 0.5) is 0 Å². The number of sulfonamides is 1. The molecule has 1 unspecified atom stereocenters. The van der Waals surface area contributed by atoms with Crippen LogP contribution in [0, 0.1) is 5.92 Å². The van der Waals surface area contributed by atoms with Gasteiger partial charge in [0.25, 0.3) is 0 Å². The third kappa shape index (κ3) is 5.28. The third-order valence-corrected chi connectivity index (χ3v) is 4.01. The summed E-state index contributed by atoms with van der Waals surface area (Å²) in [7, 11) is -3.72. The summed E-state index contributed by atoms with van der Waals surface area (Å²) in [6.45, 7) is 2.73. The lowest BCUT2D eigenvalue weighted by atomic mass is 10.0. The number of rotatable bonds is 7. The average molecular weight is 299 g/mol. The van der Waals surface area contributed by atoms with Crippen LogP contribution in [0.25, 0.3) is 0 Å². The van der Waals surface area contributed by atoms with E-state index in [1.54, 1.807) is 12.1 Å². The van der Waals surface area contributed by atoms with Crippen LogP contribution in [0.2, 0.25) is 0 Å². The van der Waals surface area contributed by atoms with Gasteiger partial charge in [-0.1, -0.05) is 25.5 Å². The highest BCUT2D eigenvalue weighted by molar-refractivity contribution is 7.89. The van der Waals surface area contributed by atoms with Gasteiger partial charge >= 0.3 is 0 Å². The van der Waals surface area contributed by atoms with Gasteiger partial charge in [0.05, 0.1) is 4.90 Å². The van der Waals surface area contributed by atoms with Gasteiger partial charge in [0.2, 0.25) is 15.9 Å². The first-order chi connectivity index (χ1) is 9.36. The van der Waals surface area contributed by atoms with Crippen molar-refractivity contribution in [2.24, 2.45) is 16.8 Å². The molecule has 0 aliphatic carbocycles. The molecule has 1 amide bonds. The molecule has 1 rings (SSSR count). The molecule has 1 aromatic carbocycles. The fourth-order valence-corrected chi connectivity index (χ4v) is 2.35. The SMILES string of the molecule is CCC(CN)CC(=O)NCc1cccc(S(N)(=O)=O)c1. The van der Waals surface area contributed by atoms with E-state index in [1.165, 1.54) is 12.1 Å². The molecule has 5 N–H and O–H groups in total. The van der Waals surface area contributed by atoms with Crippen molar-refractivity contribution in [3.05, 3.63) is 29.8 Å². The Labute approximate surface area is 119 Å². The maximum atomic E-state index is 11.7. The van der Waals surface area contributed by atoms with Crippen molar-refractivity contribution in [2.45, 2.75) is 31.2 Å². The summed E-state index contributed by atoms with van der Waals surface area (Å²) in [6, 6.07) is 6.20. The number of nitrogens with two attached hydrogens (primary N) is 2. The van der Waals surface area contributed by atoms with Crippen LogP contribution in [0.5, 0.6) is 0 Å². The molecule has 0 bridgehead atoms. The lowest BCUT2D eigenvalue weighted by molar-refractivity contribution is -0.122. The molecule has 0 radical (unpaired) electrons. The molecule has 6 nitrogen and oxygen atoms in total. The van der Waals surface area contributed by atoms with Gasteiger partial charge in [0.15, 0.2) is 0 Å². The van der Waals surface area contributed by atoms with Crippen molar-refractivity contribution in [2.75, 3.05) is 6.54 Å². The summed E-state index contributed by atoms with van der Waals surface area (Å²) in [5.41, 5.74) is 6.23. The van der Waals surface area contributed by atoms with E-state index in [4.69, 9.17) is 10.9 Å². The van der Waals surface area contributed by atoms with Crippen molar-refractivity contribution in [3.63, 3.8) is 0 Å². The maximum Gasteiger partial charge on any atom is 0.238 e. The van der Waals surface area contributed by atoms with E-state index in [2.05, 4.69) is 5.32 Å². The van der Waals surface area contributed by atoms with Crippen LogP contribution in [0.1, 0.15) is 25.3 Å². The second-order valence-corrected chi connectivity index (χ2v) is 6.24. The number of carbonyl (C=O) groups is 1. The maximum absolute atomic E-state index is 11.7. The van der Waals surface area contributed by atoms with E-state index >= 15 is 0 Å². The van der Waals surface area contributed by atoms with Crippen LogP contribution in [-0.4, -0.2) is 20.9 Å². The number of carbonyl (C=O) groups excluding carboxylic acids is 1. The Hall–Kier alpha value is -1.44. The number of amides is 1. The Kier molecular flexibility index (Phi) is 6.12. The molecule has 1 aromatic rings. The molecule has 0 saturated carbocycles. The van der Waals surface area contributed by atoms with Crippen molar-refractivity contribution in [1.29, 1.82) is 0 Å². The highest BCUT2D eigenvalue weighted by Gasteiger charge is 2.11. The van der Waals surface area contributed by atoms with Crippen molar-refractivity contribution in [1.82, 2.24) is 5.32 Å². The number of nitrogens with one attached hydrogen (secondary N) is 1. The van der Waals surface area contributed by atoms with Gasteiger partial charge in [-0.25, -0.2) is 13.6 Å². The van der Waals surface area contributed by atoms with Crippen LogP contribution >= 0.6 is 0 Å². The first kappa shape index (κ1) is 16.6. The number of benzene rings is 1. The normalized spacial score (nSPS) is 12.9. The van der Waals surface area contributed by atoms with E-state index in [9.17, 15) is 13.2 Å². The Morgan fingerprint density at radius 3 is 2.65 bits per heavy atom. The predicted octanol–water partition coefficient (Wildman–Crippen LogP) is 0.325. The summed E-state index contributed by atoms with van der Waals surface area (Å²) >= 11 is 0. The van der Waals surface area contributed by atoms with Gasteiger partial charge in [0, 0.05) is 13.0 Å².